The van der Waals surface area contributed by atoms with Gasteiger partial charge in [-0.15, -0.1) is 0 Å². The first kappa shape index (κ1) is 10.4. The Bertz CT molecular complexity index is 466. The van der Waals surface area contributed by atoms with Gasteiger partial charge in [0.1, 0.15) is 23.8 Å². The highest BCUT2D eigenvalue weighted by Crippen LogP contribution is 2.46. The molecule has 0 bridgehead atoms. The Kier molecular flexibility index (Phi) is 2.24. The van der Waals surface area contributed by atoms with E-state index in [2.05, 4.69) is 5.32 Å². The molecule has 2 aliphatic rings. The van der Waals surface area contributed by atoms with Crippen LogP contribution < -0.4 is 14.8 Å². The third kappa shape index (κ3) is 1.47. The number of carbonyl (C=O) groups excluding carboxylic acids is 1. The highest BCUT2D eigenvalue weighted by molar-refractivity contribution is 5.99. The van der Waals surface area contributed by atoms with Crippen LogP contribution in [0.15, 0.2) is 18.2 Å². The first-order valence-corrected chi connectivity index (χ1v) is 5.86. The summed E-state index contributed by atoms with van der Waals surface area (Å²) in [5.74, 6) is 1.40. The number of benzene rings is 1. The van der Waals surface area contributed by atoms with Crippen molar-refractivity contribution in [2.75, 3.05) is 19.0 Å². The molecular formula is C13H15NO3. The zero-order valence-electron chi connectivity index (χ0n) is 9.79. The number of para-hydroxylation sites is 1. The second-order valence-electron chi connectivity index (χ2n) is 4.71. The van der Waals surface area contributed by atoms with Gasteiger partial charge in [-0.25, -0.2) is 0 Å². The minimum absolute atomic E-state index is 0.0620. The molecule has 1 aromatic carbocycles. The van der Waals surface area contributed by atoms with E-state index in [1.807, 2.05) is 18.2 Å². The van der Waals surface area contributed by atoms with Gasteiger partial charge in [-0.2, -0.15) is 0 Å². The molecular weight excluding hydrogens is 218 g/mol. The molecule has 4 nitrogen and oxygen atoms in total. The van der Waals surface area contributed by atoms with E-state index in [1.54, 1.807) is 7.11 Å². The monoisotopic (exact) mass is 233 g/mol. The SMILES string of the molecule is COc1cccc2c1NC(=O)C1(CCC1)CO2. The summed E-state index contributed by atoms with van der Waals surface area (Å²) in [5, 5.41) is 2.95. The molecule has 0 atom stereocenters. The summed E-state index contributed by atoms with van der Waals surface area (Å²) < 4.78 is 11.0. The van der Waals surface area contributed by atoms with Crippen molar-refractivity contribution in [3.63, 3.8) is 0 Å². The number of hydrogen-bond acceptors (Lipinski definition) is 3. The van der Waals surface area contributed by atoms with Crippen LogP contribution in [0.5, 0.6) is 11.5 Å². The fraction of sp³-hybridized carbons (Fsp3) is 0.462. The third-order valence-corrected chi connectivity index (χ3v) is 3.74. The average Bonchev–Trinajstić information content (AvgIpc) is 2.43. The third-order valence-electron chi connectivity index (χ3n) is 3.74. The summed E-state index contributed by atoms with van der Waals surface area (Å²) in [6.45, 7) is 0.471. The molecule has 1 aliphatic heterocycles. The number of nitrogens with one attached hydrogen (secondary N) is 1. The van der Waals surface area contributed by atoms with Gasteiger partial charge in [0.15, 0.2) is 0 Å². The maximum absolute atomic E-state index is 12.2. The zero-order valence-corrected chi connectivity index (χ0v) is 9.79. The number of amides is 1. The number of rotatable bonds is 1. The lowest BCUT2D eigenvalue weighted by Gasteiger charge is -2.37. The van der Waals surface area contributed by atoms with Crippen molar-refractivity contribution in [2.24, 2.45) is 5.41 Å². The fourth-order valence-electron chi connectivity index (χ4n) is 2.43. The molecule has 0 radical (unpaired) electrons. The number of carbonyl (C=O) groups is 1. The van der Waals surface area contributed by atoms with Crippen LogP contribution in [0, 0.1) is 5.41 Å². The molecule has 1 spiro atoms. The summed E-state index contributed by atoms with van der Waals surface area (Å²) in [7, 11) is 1.59. The van der Waals surface area contributed by atoms with Crippen molar-refractivity contribution < 1.29 is 14.3 Å². The largest absolute Gasteiger partial charge is 0.494 e. The molecule has 0 saturated heterocycles. The van der Waals surface area contributed by atoms with E-state index in [0.717, 1.165) is 19.3 Å². The summed E-state index contributed by atoms with van der Waals surface area (Å²) in [6, 6.07) is 5.54. The van der Waals surface area contributed by atoms with E-state index >= 15 is 0 Å². The number of methoxy groups -OCH3 is 1. The van der Waals surface area contributed by atoms with Crippen molar-refractivity contribution in [1.82, 2.24) is 0 Å². The minimum Gasteiger partial charge on any atom is -0.494 e. The lowest BCUT2D eigenvalue weighted by Crippen LogP contribution is -2.45. The lowest BCUT2D eigenvalue weighted by atomic mass is 9.69. The van der Waals surface area contributed by atoms with E-state index in [1.165, 1.54) is 0 Å². The molecule has 0 aromatic heterocycles. The normalized spacial score (nSPS) is 20.6. The van der Waals surface area contributed by atoms with E-state index in [9.17, 15) is 4.79 Å². The van der Waals surface area contributed by atoms with Gasteiger partial charge in [-0.3, -0.25) is 4.79 Å². The maximum atomic E-state index is 12.2. The van der Waals surface area contributed by atoms with E-state index in [-0.39, 0.29) is 11.3 Å². The Labute approximate surface area is 99.9 Å². The second kappa shape index (κ2) is 3.65. The quantitative estimate of drug-likeness (QED) is 0.808. The average molecular weight is 233 g/mol. The van der Waals surface area contributed by atoms with Crippen LogP contribution in [-0.4, -0.2) is 19.6 Å². The predicted molar refractivity (Wildman–Crippen MR) is 63.4 cm³/mol. The molecule has 1 saturated carbocycles. The topological polar surface area (TPSA) is 47.6 Å². The van der Waals surface area contributed by atoms with Gasteiger partial charge in [0.05, 0.1) is 12.5 Å². The molecule has 1 aromatic rings. The van der Waals surface area contributed by atoms with Crippen LogP contribution in [0.4, 0.5) is 5.69 Å². The number of anilines is 1. The smallest absolute Gasteiger partial charge is 0.234 e. The zero-order chi connectivity index (χ0) is 11.9. The van der Waals surface area contributed by atoms with E-state index in [4.69, 9.17) is 9.47 Å². The number of fused-ring (bicyclic) bond motifs is 1. The van der Waals surface area contributed by atoms with Crippen molar-refractivity contribution >= 4 is 11.6 Å². The minimum atomic E-state index is -0.315. The molecule has 17 heavy (non-hydrogen) atoms. The van der Waals surface area contributed by atoms with Crippen LogP contribution in [-0.2, 0) is 4.79 Å². The highest BCUT2D eigenvalue weighted by atomic mass is 16.5. The Morgan fingerprint density at radius 3 is 2.88 bits per heavy atom. The Balaban J connectivity index is 1.99. The van der Waals surface area contributed by atoms with Crippen molar-refractivity contribution in [1.29, 1.82) is 0 Å². The van der Waals surface area contributed by atoms with Crippen LogP contribution in [0.3, 0.4) is 0 Å². The van der Waals surface area contributed by atoms with Gasteiger partial charge >= 0.3 is 0 Å². The molecule has 1 heterocycles. The maximum Gasteiger partial charge on any atom is 0.234 e. The number of hydrogen-bond donors (Lipinski definition) is 1. The molecule has 1 N–H and O–H groups in total. The lowest BCUT2D eigenvalue weighted by molar-refractivity contribution is -0.132. The van der Waals surface area contributed by atoms with Gasteiger partial charge in [0.2, 0.25) is 5.91 Å². The van der Waals surface area contributed by atoms with Crippen molar-refractivity contribution in [2.45, 2.75) is 19.3 Å². The summed E-state index contributed by atoms with van der Waals surface area (Å²) in [5.41, 5.74) is 0.341. The van der Waals surface area contributed by atoms with Gasteiger partial charge < -0.3 is 14.8 Å². The van der Waals surface area contributed by atoms with Crippen molar-refractivity contribution in [3.05, 3.63) is 18.2 Å². The van der Waals surface area contributed by atoms with Crippen LogP contribution in [0.25, 0.3) is 0 Å². The molecule has 1 fully saturated rings. The highest BCUT2D eigenvalue weighted by Gasteiger charge is 2.46. The van der Waals surface area contributed by atoms with Gasteiger partial charge in [0.25, 0.3) is 0 Å². The van der Waals surface area contributed by atoms with Crippen LogP contribution in [0.1, 0.15) is 19.3 Å². The first-order chi connectivity index (χ1) is 8.25. The Hall–Kier alpha value is -1.71. The van der Waals surface area contributed by atoms with E-state index < -0.39 is 0 Å². The summed E-state index contributed by atoms with van der Waals surface area (Å²) in [6.07, 6.45) is 2.93. The Morgan fingerprint density at radius 1 is 1.41 bits per heavy atom. The van der Waals surface area contributed by atoms with Gasteiger partial charge in [-0.1, -0.05) is 12.5 Å². The molecule has 90 valence electrons. The van der Waals surface area contributed by atoms with Gasteiger partial charge in [-0.05, 0) is 25.0 Å². The summed E-state index contributed by atoms with van der Waals surface area (Å²) >= 11 is 0. The van der Waals surface area contributed by atoms with Crippen LogP contribution >= 0.6 is 0 Å². The standard InChI is InChI=1S/C13H15NO3/c1-16-9-4-2-5-10-11(9)14-12(15)13(8-17-10)6-3-7-13/h2,4-5H,3,6-8H2,1H3,(H,14,15). The summed E-state index contributed by atoms with van der Waals surface area (Å²) in [4.78, 5) is 12.2. The predicted octanol–water partition coefficient (Wildman–Crippen LogP) is 2.20. The Morgan fingerprint density at radius 2 is 2.24 bits per heavy atom. The van der Waals surface area contributed by atoms with Crippen LogP contribution in [0.2, 0.25) is 0 Å². The molecule has 1 amide bonds. The van der Waals surface area contributed by atoms with E-state index in [0.29, 0.717) is 23.8 Å². The molecule has 4 heteroatoms. The van der Waals surface area contributed by atoms with Gasteiger partial charge in [0, 0.05) is 0 Å². The molecule has 3 rings (SSSR count). The number of ether oxygens (including phenoxy) is 2. The second-order valence-corrected chi connectivity index (χ2v) is 4.71. The first-order valence-electron chi connectivity index (χ1n) is 5.86. The fourth-order valence-corrected chi connectivity index (χ4v) is 2.43. The van der Waals surface area contributed by atoms with Crippen molar-refractivity contribution in [3.8, 4) is 11.5 Å². The molecule has 0 unspecified atom stereocenters. The molecule has 1 aliphatic carbocycles.